The molecule has 0 fully saturated rings. The van der Waals surface area contributed by atoms with E-state index in [4.69, 9.17) is 0 Å². The van der Waals surface area contributed by atoms with E-state index < -0.39 is 0 Å². The molecule has 2 heteroatoms. The maximum Gasteiger partial charge on any atom is 0.0970 e. The van der Waals surface area contributed by atoms with Crippen LogP contribution in [0.15, 0.2) is 35.3 Å². The van der Waals surface area contributed by atoms with Crippen molar-refractivity contribution in [2.75, 3.05) is 13.1 Å². The number of amidine groups is 1. The van der Waals surface area contributed by atoms with Gasteiger partial charge in [-0.1, -0.05) is 36.4 Å². The summed E-state index contributed by atoms with van der Waals surface area (Å²) in [6.07, 6.45) is 6.71. The minimum atomic E-state index is 0.602. The second kappa shape index (κ2) is 4.12. The molecule has 2 aliphatic rings. The van der Waals surface area contributed by atoms with Crippen LogP contribution in [0, 0.1) is 0 Å². The fraction of sp³-hybridized carbons (Fsp3) is 0.357. The van der Waals surface area contributed by atoms with Crippen LogP contribution in [0.2, 0.25) is 0 Å². The van der Waals surface area contributed by atoms with Crippen LogP contribution >= 0.6 is 0 Å². The predicted molar refractivity (Wildman–Crippen MR) is 67.8 cm³/mol. The smallest absolute Gasteiger partial charge is 0.0970 e. The van der Waals surface area contributed by atoms with Gasteiger partial charge < -0.3 is 5.32 Å². The molecule has 82 valence electrons. The Balaban J connectivity index is 1.84. The zero-order chi connectivity index (χ0) is 10.8. The highest BCUT2D eigenvalue weighted by Gasteiger charge is 2.19. The molecule has 1 aliphatic carbocycles. The fourth-order valence-corrected chi connectivity index (χ4v) is 2.53. The molecule has 16 heavy (non-hydrogen) atoms. The van der Waals surface area contributed by atoms with Gasteiger partial charge in [-0.2, -0.15) is 0 Å². The lowest BCUT2D eigenvalue weighted by atomic mass is 9.85. The molecule has 0 amide bonds. The second-order valence-electron chi connectivity index (χ2n) is 4.42. The number of allylic oxidation sites excluding steroid dienone is 1. The van der Waals surface area contributed by atoms with Crippen molar-refractivity contribution in [2.45, 2.75) is 18.8 Å². The van der Waals surface area contributed by atoms with Crippen molar-refractivity contribution in [1.29, 1.82) is 0 Å². The molecule has 1 aliphatic heterocycles. The molecule has 0 bridgehead atoms. The monoisotopic (exact) mass is 212 g/mol. The predicted octanol–water partition coefficient (Wildman–Crippen LogP) is 2.58. The number of aliphatic imine (C=N–C) groups is 1. The normalized spacial score (nSPS) is 22.5. The first kappa shape index (κ1) is 9.64. The van der Waals surface area contributed by atoms with Gasteiger partial charge >= 0.3 is 0 Å². The van der Waals surface area contributed by atoms with Gasteiger partial charge in [0.2, 0.25) is 0 Å². The number of benzene rings is 1. The van der Waals surface area contributed by atoms with E-state index in [2.05, 4.69) is 46.7 Å². The average Bonchev–Trinajstić information content (AvgIpc) is 2.82. The highest BCUT2D eigenvalue weighted by Crippen LogP contribution is 2.32. The van der Waals surface area contributed by atoms with Gasteiger partial charge in [-0.3, -0.25) is 4.99 Å². The summed E-state index contributed by atoms with van der Waals surface area (Å²) in [7, 11) is 0. The quantitative estimate of drug-likeness (QED) is 0.800. The van der Waals surface area contributed by atoms with Crippen LogP contribution in [0.4, 0.5) is 0 Å². The molecule has 0 radical (unpaired) electrons. The summed E-state index contributed by atoms with van der Waals surface area (Å²) in [4.78, 5) is 4.48. The standard InChI is InChI=1S/C14H16N2/c1-2-7-13-11(4-1)5-3-6-12(13)10-14-15-8-9-16-14/h1-5,7,12H,6,8-10H2,(H,15,16). The van der Waals surface area contributed by atoms with E-state index in [9.17, 15) is 0 Å². The molecule has 0 aromatic heterocycles. The first-order valence-corrected chi connectivity index (χ1v) is 5.96. The maximum atomic E-state index is 4.48. The Kier molecular flexibility index (Phi) is 2.49. The number of hydrogen-bond donors (Lipinski definition) is 1. The van der Waals surface area contributed by atoms with E-state index in [1.807, 2.05) is 0 Å². The molecular formula is C14H16N2. The minimum Gasteiger partial charge on any atom is -0.372 e. The summed E-state index contributed by atoms with van der Waals surface area (Å²) in [5.74, 6) is 1.79. The fourth-order valence-electron chi connectivity index (χ4n) is 2.53. The number of fused-ring (bicyclic) bond motifs is 1. The van der Waals surface area contributed by atoms with E-state index in [-0.39, 0.29) is 0 Å². The number of hydrogen-bond acceptors (Lipinski definition) is 2. The second-order valence-corrected chi connectivity index (χ2v) is 4.42. The van der Waals surface area contributed by atoms with Crippen LogP contribution < -0.4 is 5.32 Å². The minimum absolute atomic E-state index is 0.602. The molecule has 1 atom stereocenters. The third kappa shape index (κ3) is 1.75. The van der Waals surface area contributed by atoms with Gasteiger partial charge in [0, 0.05) is 13.0 Å². The van der Waals surface area contributed by atoms with Crippen molar-refractivity contribution in [1.82, 2.24) is 5.32 Å². The lowest BCUT2D eigenvalue weighted by Crippen LogP contribution is -2.21. The summed E-state index contributed by atoms with van der Waals surface area (Å²) in [6, 6.07) is 8.69. The summed E-state index contributed by atoms with van der Waals surface area (Å²) in [6.45, 7) is 1.96. The van der Waals surface area contributed by atoms with Crippen LogP contribution in [0.25, 0.3) is 6.08 Å². The van der Waals surface area contributed by atoms with Crippen LogP contribution in [-0.2, 0) is 0 Å². The van der Waals surface area contributed by atoms with E-state index in [1.54, 1.807) is 0 Å². The van der Waals surface area contributed by atoms with Crippen molar-refractivity contribution in [2.24, 2.45) is 4.99 Å². The molecule has 1 unspecified atom stereocenters. The van der Waals surface area contributed by atoms with E-state index >= 15 is 0 Å². The Morgan fingerprint density at radius 3 is 3.12 bits per heavy atom. The summed E-state index contributed by atoms with van der Waals surface area (Å²) < 4.78 is 0. The van der Waals surface area contributed by atoms with Crippen molar-refractivity contribution in [3.63, 3.8) is 0 Å². The first-order chi connectivity index (χ1) is 7.93. The number of nitrogens with one attached hydrogen (secondary N) is 1. The molecular weight excluding hydrogens is 196 g/mol. The molecule has 0 saturated carbocycles. The maximum absolute atomic E-state index is 4.48. The van der Waals surface area contributed by atoms with Gasteiger partial charge in [-0.25, -0.2) is 0 Å². The Morgan fingerprint density at radius 1 is 1.31 bits per heavy atom. The summed E-state index contributed by atoms with van der Waals surface area (Å²) in [5, 5.41) is 3.36. The van der Waals surface area contributed by atoms with Crippen molar-refractivity contribution in [3.8, 4) is 0 Å². The Bertz CT molecular complexity index is 446. The van der Waals surface area contributed by atoms with Crippen molar-refractivity contribution < 1.29 is 0 Å². The highest BCUT2D eigenvalue weighted by atomic mass is 15.1. The molecule has 1 aromatic carbocycles. The SMILES string of the molecule is C1=Cc2ccccc2C(CC2=NCCN2)C1. The highest BCUT2D eigenvalue weighted by molar-refractivity contribution is 5.84. The van der Waals surface area contributed by atoms with E-state index in [1.165, 1.54) is 17.0 Å². The van der Waals surface area contributed by atoms with Crippen LogP contribution in [0.3, 0.4) is 0 Å². The summed E-state index contributed by atoms with van der Waals surface area (Å²) >= 11 is 0. The lowest BCUT2D eigenvalue weighted by Gasteiger charge is -2.21. The Morgan fingerprint density at radius 2 is 2.25 bits per heavy atom. The van der Waals surface area contributed by atoms with Gasteiger partial charge in [0.05, 0.1) is 12.4 Å². The van der Waals surface area contributed by atoms with Crippen LogP contribution in [0.1, 0.15) is 29.9 Å². The number of rotatable bonds is 2. The largest absolute Gasteiger partial charge is 0.372 e. The van der Waals surface area contributed by atoms with Crippen LogP contribution in [-0.4, -0.2) is 18.9 Å². The molecule has 1 N–H and O–H groups in total. The first-order valence-electron chi connectivity index (χ1n) is 5.96. The zero-order valence-corrected chi connectivity index (χ0v) is 9.32. The topological polar surface area (TPSA) is 24.4 Å². The van der Waals surface area contributed by atoms with Gasteiger partial charge in [0.1, 0.15) is 0 Å². The van der Waals surface area contributed by atoms with E-state index in [0.717, 1.165) is 25.9 Å². The average molecular weight is 212 g/mol. The molecule has 3 rings (SSSR count). The molecule has 1 aromatic rings. The van der Waals surface area contributed by atoms with Gasteiger partial charge in [-0.15, -0.1) is 0 Å². The van der Waals surface area contributed by atoms with Gasteiger partial charge in [0.25, 0.3) is 0 Å². The molecule has 2 nitrogen and oxygen atoms in total. The molecule has 1 heterocycles. The zero-order valence-electron chi connectivity index (χ0n) is 9.32. The third-order valence-corrected chi connectivity index (χ3v) is 3.34. The third-order valence-electron chi connectivity index (χ3n) is 3.34. The Labute approximate surface area is 96.1 Å². The lowest BCUT2D eigenvalue weighted by molar-refractivity contribution is 0.714. The van der Waals surface area contributed by atoms with Crippen molar-refractivity contribution in [3.05, 3.63) is 41.5 Å². The Hall–Kier alpha value is -1.57. The molecule has 0 saturated heterocycles. The molecule has 0 spiro atoms. The van der Waals surface area contributed by atoms with Gasteiger partial charge in [-0.05, 0) is 23.5 Å². The van der Waals surface area contributed by atoms with Crippen molar-refractivity contribution >= 4 is 11.9 Å². The van der Waals surface area contributed by atoms with Crippen LogP contribution in [0.5, 0.6) is 0 Å². The number of nitrogens with zero attached hydrogens (tertiary/aromatic N) is 1. The van der Waals surface area contributed by atoms with Gasteiger partial charge in [0.15, 0.2) is 0 Å². The van der Waals surface area contributed by atoms with E-state index in [0.29, 0.717) is 5.92 Å². The summed E-state index contributed by atoms with van der Waals surface area (Å²) in [5.41, 5.74) is 2.85.